The fourth-order valence-corrected chi connectivity index (χ4v) is 2.19. The van der Waals surface area contributed by atoms with Crippen LogP contribution in [0.2, 0.25) is 0 Å². The van der Waals surface area contributed by atoms with Crippen LogP contribution in [0, 0.1) is 19.3 Å². The molecule has 1 aliphatic heterocycles. The Morgan fingerprint density at radius 2 is 2.00 bits per heavy atom. The Labute approximate surface area is 118 Å². The van der Waals surface area contributed by atoms with Crippen molar-refractivity contribution in [2.45, 2.75) is 47.2 Å². The summed E-state index contributed by atoms with van der Waals surface area (Å²) in [6.07, 6.45) is 0. The summed E-state index contributed by atoms with van der Waals surface area (Å²) in [5, 5.41) is 2.76. The van der Waals surface area contributed by atoms with E-state index in [-0.39, 0.29) is 30.3 Å². The zero-order valence-corrected chi connectivity index (χ0v) is 12.6. The normalized spacial score (nSPS) is 20.2. The second-order valence-corrected chi connectivity index (χ2v) is 6.31. The molecule has 2 rings (SSSR count). The van der Waals surface area contributed by atoms with E-state index in [9.17, 15) is 9.59 Å². The smallest absolute Gasteiger partial charge is 0.246 e. The number of nitrogens with zero attached hydrogens (tertiary/aromatic N) is 2. The average molecular weight is 279 g/mol. The molecule has 110 valence electrons. The zero-order valence-electron chi connectivity index (χ0n) is 12.6. The lowest BCUT2D eigenvalue weighted by Gasteiger charge is -2.38. The van der Waals surface area contributed by atoms with Crippen LogP contribution in [0.4, 0.5) is 0 Å². The van der Waals surface area contributed by atoms with Gasteiger partial charge in [0.2, 0.25) is 17.7 Å². The number of aryl methyl sites for hydroxylation is 2. The maximum absolute atomic E-state index is 12.5. The number of oxazole rings is 1. The number of amides is 2. The molecule has 20 heavy (non-hydrogen) atoms. The molecule has 1 aliphatic rings. The maximum atomic E-state index is 12.5. The molecule has 1 atom stereocenters. The Balaban J connectivity index is 2.18. The highest BCUT2D eigenvalue weighted by Crippen LogP contribution is 2.24. The fraction of sp³-hybridized carbons (Fsp3) is 0.643. The van der Waals surface area contributed by atoms with Gasteiger partial charge in [0.1, 0.15) is 18.3 Å². The highest BCUT2D eigenvalue weighted by atomic mass is 16.4. The highest BCUT2D eigenvalue weighted by Gasteiger charge is 2.40. The molecular formula is C14H21N3O3. The van der Waals surface area contributed by atoms with Crippen molar-refractivity contribution >= 4 is 11.8 Å². The molecule has 2 amide bonds. The van der Waals surface area contributed by atoms with Crippen molar-refractivity contribution < 1.29 is 14.0 Å². The van der Waals surface area contributed by atoms with Crippen molar-refractivity contribution in [2.75, 3.05) is 6.54 Å². The minimum absolute atomic E-state index is 0.0475. The Bertz CT molecular complexity index is 523. The van der Waals surface area contributed by atoms with E-state index in [2.05, 4.69) is 10.3 Å². The Morgan fingerprint density at radius 3 is 2.50 bits per heavy atom. The lowest BCUT2D eigenvalue weighted by atomic mass is 9.85. The van der Waals surface area contributed by atoms with Gasteiger partial charge in [0, 0.05) is 0 Å². The first-order chi connectivity index (χ1) is 9.18. The third kappa shape index (κ3) is 2.84. The number of piperazine rings is 1. The van der Waals surface area contributed by atoms with E-state index in [1.807, 2.05) is 34.6 Å². The van der Waals surface area contributed by atoms with Crippen LogP contribution in [0.25, 0.3) is 0 Å². The minimum atomic E-state index is -0.513. The van der Waals surface area contributed by atoms with E-state index >= 15 is 0 Å². The van der Waals surface area contributed by atoms with Crippen LogP contribution in [-0.4, -0.2) is 34.3 Å². The number of aromatic nitrogens is 1. The summed E-state index contributed by atoms with van der Waals surface area (Å²) in [6, 6.07) is -0.513. The fourth-order valence-electron chi connectivity index (χ4n) is 2.19. The van der Waals surface area contributed by atoms with E-state index in [1.165, 1.54) is 4.90 Å². The Kier molecular flexibility index (Phi) is 3.58. The van der Waals surface area contributed by atoms with Crippen molar-refractivity contribution in [2.24, 2.45) is 5.41 Å². The third-order valence-corrected chi connectivity index (χ3v) is 3.46. The van der Waals surface area contributed by atoms with Crippen LogP contribution < -0.4 is 5.32 Å². The predicted octanol–water partition coefficient (Wildman–Crippen LogP) is 1.16. The van der Waals surface area contributed by atoms with Crippen molar-refractivity contribution in [3.8, 4) is 0 Å². The lowest BCUT2D eigenvalue weighted by Crippen LogP contribution is -2.61. The van der Waals surface area contributed by atoms with Crippen LogP contribution >= 0.6 is 0 Å². The monoisotopic (exact) mass is 279 g/mol. The minimum Gasteiger partial charge on any atom is -0.444 e. The first-order valence-corrected chi connectivity index (χ1v) is 6.69. The molecule has 0 aliphatic carbocycles. The summed E-state index contributed by atoms with van der Waals surface area (Å²) in [6.45, 7) is 9.75. The molecule has 0 aromatic carbocycles. The zero-order chi connectivity index (χ0) is 15.1. The molecule has 1 unspecified atom stereocenters. The van der Waals surface area contributed by atoms with Gasteiger partial charge in [0.15, 0.2) is 0 Å². The summed E-state index contributed by atoms with van der Waals surface area (Å²) < 4.78 is 5.48. The van der Waals surface area contributed by atoms with E-state index < -0.39 is 6.04 Å². The molecule has 1 aromatic rings. The van der Waals surface area contributed by atoms with E-state index in [0.717, 1.165) is 11.5 Å². The molecule has 1 N–H and O–H groups in total. The summed E-state index contributed by atoms with van der Waals surface area (Å²) in [4.78, 5) is 30.0. The molecule has 6 heteroatoms. The average Bonchev–Trinajstić information content (AvgIpc) is 2.61. The van der Waals surface area contributed by atoms with Gasteiger partial charge < -0.3 is 14.6 Å². The van der Waals surface area contributed by atoms with Gasteiger partial charge in [0.05, 0.1) is 12.2 Å². The van der Waals surface area contributed by atoms with Gasteiger partial charge in [-0.15, -0.1) is 0 Å². The standard InChI is InChI=1S/C14H21N3O3/c1-8-9(2)20-11(15-8)7-17-6-10(18)16-12(13(17)19)14(3,4)5/h12H,6-7H2,1-5H3,(H,16,18). The number of rotatable bonds is 2. The molecular weight excluding hydrogens is 258 g/mol. The highest BCUT2D eigenvalue weighted by molar-refractivity contribution is 5.95. The van der Waals surface area contributed by atoms with Crippen LogP contribution in [0.3, 0.4) is 0 Å². The summed E-state index contributed by atoms with van der Waals surface area (Å²) in [5.41, 5.74) is 0.481. The van der Waals surface area contributed by atoms with Crippen LogP contribution in [0.5, 0.6) is 0 Å². The van der Waals surface area contributed by atoms with Gasteiger partial charge in [-0.2, -0.15) is 0 Å². The Hall–Kier alpha value is -1.85. The number of hydrogen-bond acceptors (Lipinski definition) is 4. The van der Waals surface area contributed by atoms with Gasteiger partial charge in [-0.3, -0.25) is 9.59 Å². The van der Waals surface area contributed by atoms with Gasteiger partial charge in [-0.25, -0.2) is 4.98 Å². The molecule has 1 fully saturated rings. The van der Waals surface area contributed by atoms with Crippen LogP contribution in [0.1, 0.15) is 38.1 Å². The number of carbonyl (C=O) groups excluding carboxylic acids is 2. The van der Waals surface area contributed by atoms with Crippen molar-refractivity contribution in [3.05, 3.63) is 17.3 Å². The second-order valence-electron chi connectivity index (χ2n) is 6.31. The second kappa shape index (κ2) is 4.92. The van der Waals surface area contributed by atoms with E-state index in [1.54, 1.807) is 0 Å². The molecule has 0 saturated carbocycles. The van der Waals surface area contributed by atoms with E-state index in [4.69, 9.17) is 4.42 Å². The van der Waals surface area contributed by atoms with Crippen LogP contribution in [0.15, 0.2) is 4.42 Å². The molecule has 6 nitrogen and oxygen atoms in total. The van der Waals surface area contributed by atoms with Gasteiger partial charge in [0.25, 0.3) is 0 Å². The van der Waals surface area contributed by atoms with Crippen molar-refractivity contribution in [1.29, 1.82) is 0 Å². The molecule has 0 radical (unpaired) electrons. The molecule has 0 spiro atoms. The van der Waals surface area contributed by atoms with Gasteiger partial charge in [-0.05, 0) is 19.3 Å². The maximum Gasteiger partial charge on any atom is 0.246 e. The van der Waals surface area contributed by atoms with E-state index in [0.29, 0.717) is 5.89 Å². The quantitative estimate of drug-likeness (QED) is 0.881. The summed E-state index contributed by atoms with van der Waals surface area (Å²) in [7, 11) is 0. The number of nitrogens with one attached hydrogen (secondary N) is 1. The SMILES string of the molecule is Cc1nc(CN2CC(=O)NC(C(C)(C)C)C2=O)oc1C. The molecule has 2 heterocycles. The third-order valence-electron chi connectivity index (χ3n) is 3.46. The summed E-state index contributed by atoms with van der Waals surface area (Å²) in [5.74, 6) is 0.965. The van der Waals surface area contributed by atoms with Crippen molar-refractivity contribution in [1.82, 2.24) is 15.2 Å². The molecule has 0 bridgehead atoms. The lowest BCUT2D eigenvalue weighted by molar-refractivity contribution is -0.148. The van der Waals surface area contributed by atoms with Gasteiger partial charge in [-0.1, -0.05) is 20.8 Å². The topological polar surface area (TPSA) is 75.4 Å². The summed E-state index contributed by atoms with van der Waals surface area (Å²) >= 11 is 0. The largest absolute Gasteiger partial charge is 0.444 e. The first-order valence-electron chi connectivity index (χ1n) is 6.69. The number of carbonyl (C=O) groups is 2. The molecule has 1 aromatic heterocycles. The molecule has 1 saturated heterocycles. The number of hydrogen-bond donors (Lipinski definition) is 1. The predicted molar refractivity (Wildman–Crippen MR) is 72.8 cm³/mol. The van der Waals surface area contributed by atoms with Gasteiger partial charge >= 0.3 is 0 Å². The Morgan fingerprint density at radius 1 is 1.35 bits per heavy atom. The first kappa shape index (κ1) is 14.6. The van der Waals surface area contributed by atoms with Crippen LogP contribution in [-0.2, 0) is 16.1 Å². The van der Waals surface area contributed by atoms with Crippen molar-refractivity contribution in [3.63, 3.8) is 0 Å².